The van der Waals surface area contributed by atoms with Crippen LogP contribution in [-0.4, -0.2) is 24.8 Å². The first-order chi connectivity index (χ1) is 8.18. The molecular formula is C13H20IN3S. The van der Waals surface area contributed by atoms with E-state index in [0.717, 1.165) is 17.9 Å². The highest BCUT2D eigenvalue weighted by atomic mass is 127. The number of hydrogen-bond acceptors (Lipinski definition) is 2. The molecule has 0 saturated carbocycles. The van der Waals surface area contributed by atoms with Gasteiger partial charge >= 0.3 is 0 Å². The predicted octanol–water partition coefficient (Wildman–Crippen LogP) is 2.88. The summed E-state index contributed by atoms with van der Waals surface area (Å²) in [6, 6.07) is 10.3. The molecule has 18 heavy (non-hydrogen) atoms. The van der Waals surface area contributed by atoms with Gasteiger partial charge in [0, 0.05) is 17.2 Å². The van der Waals surface area contributed by atoms with Crippen molar-refractivity contribution in [3.05, 3.63) is 42.5 Å². The Morgan fingerprint density at radius 1 is 1.39 bits per heavy atom. The predicted molar refractivity (Wildman–Crippen MR) is 91.9 cm³/mol. The maximum absolute atomic E-state index is 5.69. The summed E-state index contributed by atoms with van der Waals surface area (Å²) in [5.74, 6) is 1.45. The lowest BCUT2D eigenvalue weighted by Crippen LogP contribution is -2.33. The summed E-state index contributed by atoms with van der Waals surface area (Å²) in [4.78, 5) is 5.41. The average Bonchev–Trinajstić information content (AvgIpc) is 2.33. The van der Waals surface area contributed by atoms with Gasteiger partial charge in [0.2, 0.25) is 0 Å². The fourth-order valence-electron chi connectivity index (χ4n) is 1.14. The van der Waals surface area contributed by atoms with Crippen LogP contribution in [0.15, 0.2) is 52.4 Å². The number of halogens is 1. The van der Waals surface area contributed by atoms with Gasteiger partial charge in [0.1, 0.15) is 0 Å². The van der Waals surface area contributed by atoms with Gasteiger partial charge in [-0.1, -0.05) is 30.4 Å². The molecule has 3 nitrogen and oxygen atoms in total. The van der Waals surface area contributed by atoms with Crippen molar-refractivity contribution >= 4 is 41.7 Å². The summed E-state index contributed by atoms with van der Waals surface area (Å²) < 4.78 is 0. The molecule has 0 amide bonds. The van der Waals surface area contributed by atoms with Gasteiger partial charge in [-0.05, 0) is 19.1 Å². The van der Waals surface area contributed by atoms with E-state index in [0.29, 0.717) is 12.5 Å². The van der Waals surface area contributed by atoms with E-state index < -0.39 is 0 Å². The Hall–Kier alpha value is -0.690. The number of rotatable bonds is 6. The molecule has 0 aliphatic carbocycles. The van der Waals surface area contributed by atoms with E-state index in [4.69, 9.17) is 5.73 Å². The lowest BCUT2D eigenvalue weighted by atomic mass is 10.4. The van der Waals surface area contributed by atoms with E-state index in [2.05, 4.69) is 29.0 Å². The van der Waals surface area contributed by atoms with E-state index in [1.54, 1.807) is 11.8 Å². The molecule has 1 aromatic carbocycles. The Labute approximate surface area is 130 Å². The Morgan fingerprint density at radius 3 is 2.67 bits per heavy atom. The fourth-order valence-corrected chi connectivity index (χ4v) is 1.93. The summed E-state index contributed by atoms with van der Waals surface area (Å²) in [5.41, 5.74) is 6.70. The second-order valence-corrected chi connectivity index (χ2v) is 4.92. The monoisotopic (exact) mass is 377 g/mol. The Balaban J connectivity index is 0.00000289. The van der Waals surface area contributed by atoms with Gasteiger partial charge in [-0.3, -0.25) is 0 Å². The molecule has 0 fully saturated rings. The van der Waals surface area contributed by atoms with Crippen molar-refractivity contribution in [2.45, 2.75) is 11.8 Å². The summed E-state index contributed by atoms with van der Waals surface area (Å²) in [6.45, 7) is 7.10. The maximum Gasteiger partial charge on any atom is 0.188 e. The van der Waals surface area contributed by atoms with Gasteiger partial charge < -0.3 is 11.1 Å². The first-order valence-corrected chi connectivity index (χ1v) is 6.53. The van der Waals surface area contributed by atoms with Gasteiger partial charge in [0.15, 0.2) is 5.96 Å². The van der Waals surface area contributed by atoms with Gasteiger partial charge in [-0.2, -0.15) is 0 Å². The maximum atomic E-state index is 5.69. The standard InChI is InChI=1S/C13H19N3S.HI/c1-11(2)10-16-13(14)15-8-9-17-12-6-4-3-5-7-12;/h3-7H,1,8-10H2,2H3,(H3,14,15,16);1H. The number of benzene rings is 1. The molecule has 0 aliphatic rings. The second kappa shape index (κ2) is 10.3. The Bertz CT molecular complexity index is 379. The van der Waals surface area contributed by atoms with Crippen molar-refractivity contribution in [2.75, 3.05) is 18.8 Å². The van der Waals surface area contributed by atoms with Crippen molar-refractivity contribution in [3.8, 4) is 0 Å². The summed E-state index contributed by atoms with van der Waals surface area (Å²) in [5, 5.41) is 3.07. The van der Waals surface area contributed by atoms with Crippen LogP contribution in [0.4, 0.5) is 0 Å². The molecule has 0 aliphatic heterocycles. The number of nitrogens with one attached hydrogen (secondary N) is 1. The van der Waals surface area contributed by atoms with Crippen molar-refractivity contribution in [3.63, 3.8) is 0 Å². The number of guanidine groups is 1. The zero-order chi connectivity index (χ0) is 12.5. The summed E-state index contributed by atoms with van der Waals surface area (Å²) in [7, 11) is 0. The normalized spacial score (nSPS) is 10.6. The molecule has 0 bridgehead atoms. The zero-order valence-electron chi connectivity index (χ0n) is 10.6. The third-order valence-electron chi connectivity index (χ3n) is 1.94. The van der Waals surface area contributed by atoms with E-state index in [1.807, 2.05) is 25.1 Å². The SMILES string of the molecule is C=C(C)CN=C(N)NCCSc1ccccc1.I. The molecule has 0 atom stereocenters. The molecule has 0 saturated heterocycles. The van der Waals surface area contributed by atoms with Crippen LogP contribution < -0.4 is 11.1 Å². The lowest BCUT2D eigenvalue weighted by molar-refractivity contribution is 0.946. The molecule has 0 unspecified atom stereocenters. The molecule has 100 valence electrons. The molecule has 0 aromatic heterocycles. The smallest absolute Gasteiger partial charge is 0.188 e. The third-order valence-corrected chi connectivity index (χ3v) is 2.95. The highest BCUT2D eigenvalue weighted by molar-refractivity contribution is 14.0. The largest absolute Gasteiger partial charge is 0.370 e. The quantitative estimate of drug-likeness (QED) is 0.200. The van der Waals surface area contributed by atoms with Gasteiger partial charge in [0.05, 0.1) is 6.54 Å². The van der Waals surface area contributed by atoms with Crippen LogP contribution in [0.2, 0.25) is 0 Å². The van der Waals surface area contributed by atoms with E-state index in [1.165, 1.54) is 4.90 Å². The molecule has 0 radical (unpaired) electrons. The first-order valence-electron chi connectivity index (χ1n) is 5.54. The highest BCUT2D eigenvalue weighted by Crippen LogP contribution is 2.15. The van der Waals surface area contributed by atoms with E-state index in [-0.39, 0.29) is 24.0 Å². The van der Waals surface area contributed by atoms with Crippen LogP contribution in [0.1, 0.15) is 6.92 Å². The Morgan fingerprint density at radius 2 is 2.06 bits per heavy atom. The van der Waals surface area contributed by atoms with Crippen LogP contribution in [0.3, 0.4) is 0 Å². The molecule has 0 spiro atoms. The molecule has 1 rings (SSSR count). The van der Waals surface area contributed by atoms with Crippen molar-refractivity contribution in [1.29, 1.82) is 0 Å². The van der Waals surface area contributed by atoms with Crippen molar-refractivity contribution < 1.29 is 0 Å². The number of nitrogens with zero attached hydrogens (tertiary/aromatic N) is 1. The number of nitrogens with two attached hydrogens (primary N) is 1. The minimum atomic E-state index is 0. The van der Waals surface area contributed by atoms with Crippen LogP contribution in [-0.2, 0) is 0 Å². The second-order valence-electron chi connectivity index (χ2n) is 3.75. The van der Waals surface area contributed by atoms with Gasteiger partial charge in [-0.15, -0.1) is 35.7 Å². The van der Waals surface area contributed by atoms with E-state index >= 15 is 0 Å². The van der Waals surface area contributed by atoms with Crippen molar-refractivity contribution in [1.82, 2.24) is 5.32 Å². The Kier molecular flexibility index (Phi) is 9.86. The third kappa shape index (κ3) is 8.41. The average molecular weight is 377 g/mol. The van der Waals surface area contributed by atoms with Crippen LogP contribution >= 0.6 is 35.7 Å². The molecule has 5 heteroatoms. The topological polar surface area (TPSA) is 50.4 Å². The fraction of sp³-hybridized carbons (Fsp3) is 0.308. The van der Waals surface area contributed by atoms with E-state index in [9.17, 15) is 0 Å². The molecule has 0 heterocycles. The number of hydrogen-bond donors (Lipinski definition) is 2. The summed E-state index contributed by atoms with van der Waals surface area (Å²) >= 11 is 1.80. The molecule has 1 aromatic rings. The molecule has 3 N–H and O–H groups in total. The number of thioether (sulfide) groups is 1. The highest BCUT2D eigenvalue weighted by Gasteiger charge is 1.94. The zero-order valence-corrected chi connectivity index (χ0v) is 13.7. The lowest BCUT2D eigenvalue weighted by Gasteiger charge is -2.05. The minimum absolute atomic E-state index is 0. The van der Waals surface area contributed by atoms with Gasteiger partial charge in [0.25, 0.3) is 0 Å². The van der Waals surface area contributed by atoms with Crippen LogP contribution in [0.25, 0.3) is 0 Å². The van der Waals surface area contributed by atoms with Crippen LogP contribution in [0.5, 0.6) is 0 Å². The number of aliphatic imine (C=N–C) groups is 1. The van der Waals surface area contributed by atoms with Crippen LogP contribution in [0, 0.1) is 0 Å². The summed E-state index contributed by atoms with van der Waals surface area (Å²) in [6.07, 6.45) is 0. The minimum Gasteiger partial charge on any atom is -0.370 e. The van der Waals surface area contributed by atoms with Gasteiger partial charge in [-0.25, -0.2) is 4.99 Å². The van der Waals surface area contributed by atoms with Crippen molar-refractivity contribution in [2.24, 2.45) is 10.7 Å². The molecular weight excluding hydrogens is 357 g/mol. The first kappa shape index (κ1) is 17.3.